The van der Waals surface area contributed by atoms with Gasteiger partial charge in [-0.25, -0.2) is 0 Å². The molecule has 0 spiro atoms. The molecule has 1 N–H and O–H groups in total. The van der Waals surface area contributed by atoms with Crippen molar-refractivity contribution in [3.63, 3.8) is 0 Å². The lowest BCUT2D eigenvalue weighted by atomic mass is 10.1. The summed E-state index contributed by atoms with van der Waals surface area (Å²) < 4.78 is 27.0. The molecular weight excluding hydrogens is 388 g/mol. The second kappa shape index (κ2) is 8.77. The fraction of sp³-hybridized carbons (Fsp3) is 0.273. The zero-order valence-electron chi connectivity index (χ0n) is 16.8. The third-order valence-corrected chi connectivity index (χ3v) is 4.72. The predicted octanol–water partition coefficient (Wildman–Crippen LogP) is 3.10. The highest BCUT2D eigenvalue weighted by Crippen LogP contribution is 2.34. The van der Waals surface area contributed by atoms with Gasteiger partial charge in [-0.2, -0.15) is 0 Å². The summed E-state index contributed by atoms with van der Waals surface area (Å²) >= 11 is 0. The molecule has 3 aromatic rings. The highest BCUT2D eigenvalue weighted by molar-refractivity contribution is 5.93. The van der Waals surface area contributed by atoms with Crippen LogP contribution >= 0.6 is 0 Å². The normalized spacial score (nSPS) is 12.3. The van der Waals surface area contributed by atoms with Gasteiger partial charge in [-0.15, -0.1) is 0 Å². The number of methoxy groups -OCH3 is 2. The molecule has 30 heavy (non-hydrogen) atoms. The van der Waals surface area contributed by atoms with E-state index in [2.05, 4.69) is 10.5 Å². The molecule has 8 heteroatoms. The van der Waals surface area contributed by atoms with Gasteiger partial charge in [-0.3, -0.25) is 4.79 Å². The number of rotatable bonds is 7. The Morgan fingerprint density at radius 3 is 2.60 bits per heavy atom. The first-order chi connectivity index (χ1) is 14.7. The lowest BCUT2D eigenvalue weighted by Gasteiger charge is -2.18. The van der Waals surface area contributed by atoms with Crippen molar-refractivity contribution in [1.29, 1.82) is 0 Å². The molecular formula is C22H22N2O6. The Kier molecular flexibility index (Phi) is 5.74. The fourth-order valence-electron chi connectivity index (χ4n) is 3.16. The quantitative estimate of drug-likeness (QED) is 0.640. The van der Waals surface area contributed by atoms with Gasteiger partial charge in [0.1, 0.15) is 13.2 Å². The number of carbonyl (C=O) groups is 1. The summed E-state index contributed by atoms with van der Waals surface area (Å²) in [7, 11) is 3.18. The summed E-state index contributed by atoms with van der Waals surface area (Å²) in [5.74, 6) is 2.84. The van der Waals surface area contributed by atoms with Crippen molar-refractivity contribution in [1.82, 2.24) is 10.5 Å². The number of hydrogen-bond acceptors (Lipinski definition) is 7. The number of fused-ring (bicyclic) bond motifs is 1. The average Bonchev–Trinajstić information content (AvgIpc) is 3.29. The highest BCUT2D eigenvalue weighted by atomic mass is 16.6. The Morgan fingerprint density at radius 2 is 1.80 bits per heavy atom. The Hall–Kier alpha value is -3.68. The molecule has 2 heterocycles. The smallest absolute Gasteiger partial charge is 0.273 e. The van der Waals surface area contributed by atoms with Crippen molar-refractivity contribution in [3.05, 3.63) is 53.7 Å². The van der Waals surface area contributed by atoms with Gasteiger partial charge in [0, 0.05) is 18.2 Å². The minimum atomic E-state index is -0.303. The number of nitrogens with one attached hydrogen (secondary N) is 1. The second-order valence-corrected chi connectivity index (χ2v) is 6.63. The molecule has 156 valence electrons. The van der Waals surface area contributed by atoms with Gasteiger partial charge < -0.3 is 28.8 Å². The van der Waals surface area contributed by atoms with Crippen molar-refractivity contribution in [3.8, 4) is 34.3 Å². The number of benzene rings is 2. The van der Waals surface area contributed by atoms with Crippen LogP contribution in [-0.4, -0.2) is 45.0 Å². The summed E-state index contributed by atoms with van der Waals surface area (Å²) in [6.07, 6.45) is 0.638. The molecule has 0 bridgehead atoms. The van der Waals surface area contributed by atoms with E-state index in [1.165, 1.54) is 0 Å². The van der Waals surface area contributed by atoms with Crippen molar-refractivity contribution < 1.29 is 28.3 Å². The first-order valence-electron chi connectivity index (χ1n) is 9.54. The predicted molar refractivity (Wildman–Crippen MR) is 109 cm³/mol. The maximum atomic E-state index is 12.4. The molecule has 0 aliphatic carbocycles. The zero-order chi connectivity index (χ0) is 20.9. The largest absolute Gasteiger partial charge is 0.493 e. The second-order valence-electron chi connectivity index (χ2n) is 6.63. The van der Waals surface area contributed by atoms with E-state index >= 15 is 0 Å². The van der Waals surface area contributed by atoms with Crippen molar-refractivity contribution in [2.75, 3.05) is 34.0 Å². The van der Waals surface area contributed by atoms with Gasteiger partial charge in [-0.1, -0.05) is 11.2 Å². The van der Waals surface area contributed by atoms with Crippen LogP contribution in [0.5, 0.6) is 23.0 Å². The topological polar surface area (TPSA) is 92.1 Å². The molecule has 0 radical (unpaired) electrons. The van der Waals surface area contributed by atoms with E-state index in [1.54, 1.807) is 20.3 Å². The van der Waals surface area contributed by atoms with Crippen LogP contribution in [-0.2, 0) is 6.42 Å². The average molecular weight is 410 g/mol. The molecule has 8 nitrogen and oxygen atoms in total. The summed E-state index contributed by atoms with van der Waals surface area (Å²) in [6.45, 7) is 1.48. The maximum Gasteiger partial charge on any atom is 0.273 e. The minimum Gasteiger partial charge on any atom is -0.493 e. The van der Waals surface area contributed by atoms with Crippen LogP contribution in [0.2, 0.25) is 0 Å². The minimum absolute atomic E-state index is 0.215. The first kappa shape index (κ1) is 19.6. The number of hydrogen-bond donors (Lipinski definition) is 1. The SMILES string of the molecule is COc1ccc(CCNC(=O)c2cc(-c3ccc4c(c3)OCCO4)on2)cc1OC. The van der Waals surface area contributed by atoms with Crippen LogP contribution in [0.25, 0.3) is 11.3 Å². The summed E-state index contributed by atoms with van der Waals surface area (Å²) in [5.41, 5.74) is 1.99. The molecule has 2 aromatic carbocycles. The Labute approximate surface area is 173 Å². The maximum absolute atomic E-state index is 12.4. The number of carbonyl (C=O) groups excluding carboxylic acids is 1. The van der Waals surface area contributed by atoms with Crippen molar-refractivity contribution in [2.24, 2.45) is 0 Å². The van der Waals surface area contributed by atoms with Gasteiger partial charge in [0.2, 0.25) is 0 Å². The van der Waals surface area contributed by atoms with Crippen LogP contribution in [0, 0.1) is 0 Å². The van der Waals surface area contributed by atoms with Crippen molar-refractivity contribution in [2.45, 2.75) is 6.42 Å². The molecule has 1 aliphatic rings. The van der Waals surface area contributed by atoms with Crippen molar-refractivity contribution >= 4 is 5.91 Å². The first-order valence-corrected chi connectivity index (χ1v) is 9.54. The van der Waals surface area contributed by atoms with E-state index in [9.17, 15) is 4.79 Å². The fourth-order valence-corrected chi connectivity index (χ4v) is 3.16. The summed E-state index contributed by atoms with van der Waals surface area (Å²) in [5, 5.41) is 6.73. The number of amides is 1. The molecule has 0 atom stereocenters. The number of ether oxygens (including phenoxy) is 4. The van der Waals surface area contributed by atoms with Crippen LogP contribution in [0.3, 0.4) is 0 Å². The number of aromatic nitrogens is 1. The molecule has 0 saturated heterocycles. The molecule has 0 fully saturated rings. The van der Waals surface area contributed by atoms with Gasteiger partial charge in [0.15, 0.2) is 34.5 Å². The van der Waals surface area contributed by atoms with Crippen LogP contribution in [0.4, 0.5) is 0 Å². The highest BCUT2D eigenvalue weighted by Gasteiger charge is 2.17. The van der Waals surface area contributed by atoms with Crippen LogP contribution < -0.4 is 24.3 Å². The summed E-state index contributed by atoms with van der Waals surface area (Å²) in [6, 6.07) is 12.7. The van der Waals surface area contributed by atoms with Gasteiger partial charge in [0.05, 0.1) is 14.2 Å². The Morgan fingerprint density at radius 1 is 1.00 bits per heavy atom. The molecule has 1 amide bonds. The third-order valence-electron chi connectivity index (χ3n) is 4.72. The summed E-state index contributed by atoms with van der Waals surface area (Å²) in [4.78, 5) is 12.4. The Bertz CT molecular complexity index is 1050. The van der Waals surface area contributed by atoms with E-state index in [1.807, 2.05) is 36.4 Å². The van der Waals surface area contributed by atoms with Crippen LogP contribution in [0.1, 0.15) is 16.1 Å². The molecule has 1 aliphatic heterocycles. The third kappa shape index (κ3) is 4.17. The monoisotopic (exact) mass is 410 g/mol. The molecule has 0 saturated carbocycles. The lowest BCUT2D eigenvalue weighted by Crippen LogP contribution is -2.25. The van der Waals surface area contributed by atoms with E-state index in [0.29, 0.717) is 54.9 Å². The molecule has 1 aromatic heterocycles. The number of nitrogens with zero attached hydrogens (tertiary/aromatic N) is 1. The zero-order valence-corrected chi connectivity index (χ0v) is 16.8. The standard InChI is InChI=1S/C22H22N2O6/c1-26-17-5-3-14(11-20(17)27-2)7-8-23-22(25)16-13-19(30-24-16)15-4-6-18-21(12-15)29-10-9-28-18/h3-6,11-13H,7-10H2,1-2H3,(H,23,25). The Balaban J connectivity index is 1.36. The van der Waals surface area contributed by atoms with Gasteiger partial charge in [0.25, 0.3) is 5.91 Å². The van der Waals surface area contributed by atoms with E-state index in [4.69, 9.17) is 23.5 Å². The molecule has 0 unspecified atom stereocenters. The lowest BCUT2D eigenvalue weighted by molar-refractivity contribution is 0.0945. The van der Waals surface area contributed by atoms with E-state index in [0.717, 1.165) is 11.1 Å². The van der Waals surface area contributed by atoms with Gasteiger partial charge >= 0.3 is 0 Å². The van der Waals surface area contributed by atoms with Crippen LogP contribution in [0.15, 0.2) is 47.0 Å². The van der Waals surface area contributed by atoms with E-state index in [-0.39, 0.29) is 11.6 Å². The van der Waals surface area contributed by atoms with E-state index < -0.39 is 0 Å². The molecule has 4 rings (SSSR count). The van der Waals surface area contributed by atoms with Gasteiger partial charge in [-0.05, 0) is 42.3 Å².